The lowest BCUT2D eigenvalue weighted by atomic mass is 10.2. The molecule has 2 N–H and O–H groups in total. The Morgan fingerprint density at radius 3 is 2.22 bits per heavy atom. The van der Waals surface area contributed by atoms with Crippen LogP contribution in [0.5, 0.6) is 0 Å². The highest BCUT2D eigenvalue weighted by Gasteiger charge is 2.40. The highest BCUT2D eigenvalue weighted by atomic mass is 32.2. The van der Waals surface area contributed by atoms with Crippen molar-refractivity contribution >= 4 is 17.4 Å². The van der Waals surface area contributed by atoms with Gasteiger partial charge in [-0.3, -0.25) is 4.57 Å². The molecule has 0 aromatic heterocycles. The summed E-state index contributed by atoms with van der Waals surface area (Å²) in [7, 11) is -8.78. The molecular formula is C11H15O5PS. The van der Waals surface area contributed by atoms with Crippen molar-refractivity contribution < 1.29 is 22.8 Å². The van der Waals surface area contributed by atoms with Crippen molar-refractivity contribution in [3.8, 4) is 0 Å². The minimum absolute atomic E-state index is 0.0933. The van der Waals surface area contributed by atoms with E-state index in [0.29, 0.717) is 0 Å². The van der Waals surface area contributed by atoms with Gasteiger partial charge in [0.1, 0.15) is 0 Å². The summed E-state index contributed by atoms with van der Waals surface area (Å²) in [5, 5.41) is 0. The standard InChI is InChI=1S/C11H15O5PS/c1-3-8-18(15,16)11(17(12,13)14)10-6-4-9(2)5-7-10/h3-7,11H,1,8H2,2H3,(H2,12,13,14). The summed E-state index contributed by atoms with van der Waals surface area (Å²) in [6, 6.07) is 6.06. The fourth-order valence-corrected chi connectivity index (χ4v) is 5.17. The minimum atomic E-state index is -4.80. The molecule has 0 amide bonds. The molecule has 0 fully saturated rings. The number of hydrogen-bond acceptors (Lipinski definition) is 3. The molecule has 0 aliphatic carbocycles. The first kappa shape index (κ1) is 15.1. The fraction of sp³-hybridized carbons (Fsp3) is 0.273. The molecule has 0 radical (unpaired) electrons. The molecule has 0 saturated carbocycles. The van der Waals surface area contributed by atoms with Gasteiger partial charge in [-0.05, 0) is 12.5 Å². The Labute approximate surface area is 106 Å². The Kier molecular flexibility index (Phi) is 4.50. The first-order chi connectivity index (χ1) is 8.18. The molecule has 0 aliphatic rings. The average Bonchev–Trinajstić information content (AvgIpc) is 2.18. The van der Waals surface area contributed by atoms with Crippen LogP contribution < -0.4 is 0 Å². The quantitative estimate of drug-likeness (QED) is 0.637. The molecule has 1 atom stereocenters. The molecule has 0 bridgehead atoms. The first-order valence-electron chi connectivity index (χ1n) is 5.13. The van der Waals surface area contributed by atoms with E-state index in [-0.39, 0.29) is 5.56 Å². The predicted molar refractivity (Wildman–Crippen MR) is 69.9 cm³/mol. The summed E-state index contributed by atoms with van der Waals surface area (Å²) in [6.07, 6.45) is 1.12. The van der Waals surface area contributed by atoms with Crippen molar-refractivity contribution in [3.63, 3.8) is 0 Å². The molecule has 1 aromatic rings. The van der Waals surface area contributed by atoms with E-state index in [0.717, 1.165) is 11.6 Å². The monoisotopic (exact) mass is 290 g/mol. The lowest BCUT2D eigenvalue weighted by Gasteiger charge is -2.18. The van der Waals surface area contributed by atoms with Crippen molar-refractivity contribution in [2.24, 2.45) is 0 Å². The molecule has 0 spiro atoms. The van der Waals surface area contributed by atoms with Gasteiger partial charge in [0, 0.05) is 0 Å². The van der Waals surface area contributed by atoms with Crippen LogP contribution in [0.4, 0.5) is 0 Å². The molecule has 1 unspecified atom stereocenters. The van der Waals surface area contributed by atoms with E-state index in [1.807, 2.05) is 0 Å². The van der Waals surface area contributed by atoms with Crippen LogP contribution in [0.1, 0.15) is 16.1 Å². The van der Waals surface area contributed by atoms with Crippen molar-refractivity contribution in [1.82, 2.24) is 0 Å². The Morgan fingerprint density at radius 2 is 1.83 bits per heavy atom. The van der Waals surface area contributed by atoms with E-state index < -0.39 is 28.2 Å². The summed E-state index contributed by atoms with van der Waals surface area (Å²) in [4.78, 5) is 16.7. The van der Waals surface area contributed by atoms with E-state index in [1.54, 1.807) is 19.1 Å². The zero-order valence-electron chi connectivity index (χ0n) is 9.85. The second-order valence-electron chi connectivity index (χ2n) is 3.97. The third kappa shape index (κ3) is 3.53. The molecular weight excluding hydrogens is 275 g/mol. The second-order valence-corrected chi connectivity index (χ2v) is 8.14. The number of hydrogen-bond donors (Lipinski definition) is 2. The van der Waals surface area contributed by atoms with Gasteiger partial charge in [0.15, 0.2) is 14.8 Å². The Morgan fingerprint density at radius 1 is 1.33 bits per heavy atom. The lowest BCUT2D eigenvalue weighted by Crippen LogP contribution is -2.16. The molecule has 0 saturated heterocycles. The largest absolute Gasteiger partial charge is 0.348 e. The molecule has 18 heavy (non-hydrogen) atoms. The van der Waals surface area contributed by atoms with Crippen LogP contribution >= 0.6 is 7.60 Å². The molecule has 5 nitrogen and oxygen atoms in total. The van der Waals surface area contributed by atoms with Crippen molar-refractivity contribution in [2.45, 2.75) is 11.9 Å². The van der Waals surface area contributed by atoms with Crippen LogP contribution in [0.25, 0.3) is 0 Å². The molecule has 1 rings (SSSR count). The molecule has 7 heteroatoms. The zero-order chi connectivity index (χ0) is 14.0. The van der Waals surface area contributed by atoms with Gasteiger partial charge in [-0.25, -0.2) is 8.42 Å². The third-order valence-corrected chi connectivity index (χ3v) is 6.71. The van der Waals surface area contributed by atoms with E-state index in [1.165, 1.54) is 12.1 Å². The van der Waals surface area contributed by atoms with Crippen LogP contribution in [0.2, 0.25) is 0 Å². The van der Waals surface area contributed by atoms with Gasteiger partial charge in [0.2, 0.25) is 0 Å². The number of benzene rings is 1. The van der Waals surface area contributed by atoms with Crippen LogP contribution in [0, 0.1) is 6.92 Å². The average molecular weight is 290 g/mol. The van der Waals surface area contributed by atoms with Crippen molar-refractivity contribution in [1.29, 1.82) is 0 Å². The fourth-order valence-electron chi connectivity index (χ4n) is 1.60. The Balaban J connectivity index is 3.36. The van der Waals surface area contributed by atoms with Crippen LogP contribution in [0.3, 0.4) is 0 Å². The van der Waals surface area contributed by atoms with E-state index in [9.17, 15) is 22.8 Å². The third-order valence-electron chi connectivity index (χ3n) is 2.36. The minimum Gasteiger partial charge on any atom is -0.323 e. The van der Waals surface area contributed by atoms with Gasteiger partial charge in [0.25, 0.3) is 0 Å². The smallest absolute Gasteiger partial charge is 0.323 e. The maximum Gasteiger partial charge on any atom is 0.348 e. The van der Waals surface area contributed by atoms with Crippen LogP contribution in [-0.4, -0.2) is 24.0 Å². The Hall–Kier alpha value is -0.940. The molecule has 0 heterocycles. The van der Waals surface area contributed by atoms with Gasteiger partial charge in [0.05, 0.1) is 5.75 Å². The van der Waals surface area contributed by atoms with Crippen LogP contribution in [-0.2, 0) is 14.4 Å². The van der Waals surface area contributed by atoms with E-state index in [2.05, 4.69) is 6.58 Å². The zero-order valence-corrected chi connectivity index (χ0v) is 11.6. The maximum atomic E-state index is 11.9. The number of aryl methyl sites for hydroxylation is 1. The first-order valence-corrected chi connectivity index (χ1v) is 8.52. The summed E-state index contributed by atoms with van der Waals surface area (Å²) in [6.45, 7) is 5.09. The number of sulfone groups is 1. The van der Waals surface area contributed by atoms with E-state index in [4.69, 9.17) is 0 Å². The van der Waals surface area contributed by atoms with Gasteiger partial charge >= 0.3 is 7.60 Å². The lowest BCUT2D eigenvalue weighted by molar-refractivity contribution is 0.368. The molecule has 0 aliphatic heterocycles. The highest BCUT2D eigenvalue weighted by molar-refractivity contribution is 7.97. The number of rotatable bonds is 5. The SMILES string of the molecule is C=CCS(=O)(=O)C(c1ccc(C)cc1)P(=O)(O)O. The van der Waals surface area contributed by atoms with Crippen molar-refractivity contribution in [2.75, 3.05) is 5.75 Å². The van der Waals surface area contributed by atoms with Gasteiger partial charge in [-0.1, -0.05) is 35.9 Å². The second kappa shape index (κ2) is 5.36. The summed E-state index contributed by atoms with van der Waals surface area (Å²) in [5.74, 6) is -0.476. The maximum absolute atomic E-state index is 11.9. The normalized spacial score (nSPS) is 14.2. The van der Waals surface area contributed by atoms with Gasteiger partial charge in [-0.2, -0.15) is 0 Å². The summed E-state index contributed by atoms with van der Waals surface area (Å²) in [5.41, 5.74) is 0.972. The molecule has 100 valence electrons. The summed E-state index contributed by atoms with van der Waals surface area (Å²) < 4.78 is 35.2. The summed E-state index contributed by atoms with van der Waals surface area (Å²) >= 11 is 0. The highest BCUT2D eigenvalue weighted by Crippen LogP contribution is 2.55. The topological polar surface area (TPSA) is 91.7 Å². The van der Waals surface area contributed by atoms with Crippen LogP contribution in [0.15, 0.2) is 36.9 Å². The van der Waals surface area contributed by atoms with Gasteiger partial charge < -0.3 is 9.79 Å². The predicted octanol–water partition coefficient (Wildman–Crippen LogP) is 1.77. The van der Waals surface area contributed by atoms with Gasteiger partial charge in [-0.15, -0.1) is 6.58 Å². The Bertz CT molecular complexity index is 570. The molecule has 1 aromatic carbocycles. The van der Waals surface area contributed by atoms with Crippen molar-refractivity contribution in [3.05, 3.63) is 48.0 Å². The van der Waals surface area contributed by atoms with E-state index >= 15 is 0 Å².